The molecule has 0 amide bonds. The smallest absolute Gasteiger partial charge is 0.352 e. The molecular formula is C17H17N3O3. The zero-order valence-electron chi connectivity index (χ0n) is 12.9. The lowest BCUT2D eigenvalue weighted by Crippen LogP contribution is -2.24. The van der Waals surface area contributed by atoms with Crippen LogP contribution in [0.1, 0.15) is 34.2 Å². The van der Waals surface area contributed by atoms with Crippen LogP contribution < -0.4 is 16.1 Å². The first kappa shape index (κ1) is 14.9. The van der Waals surface area contributed by atoms with E-state index in [1.54, 1.807) is 25.1 Å². The topological polar surface area (TPSA) is 102 Å². The third-order valence-corrected chi connectivity index (χ3v) is 4.04. The van der Waals surface area contributed by atoms with Crippen LogP contribution in [0, 0.1) is 17.6 Å². The number of carbonyl (C=O) groups is 1. The van der Waals surface area contributed by atoms with Crippen LogP contribution in [0.25, 0.3) is 12.7 Å². The molecule has 0 radical (unpaired) electrons. The number of carboxylic acid groups (broad SMARTS) is 1. The van der Waals surface area contributed by atoms with E-state index in [1.165, 1.54) is 0 Å². The molecule has 1 aromatic heterocycles. The summed E-state index contributed by atoms with van der Waals surface area (Å²) in [5.41, 5.74) is 2.15. The molecule has 0 aromatic carbocycles. The third kappa shape index (κ3) is 2.38. The second-order valence-corrected chi connectivity index (χ2v) is 5.46. The summed E-state index contributed by atoms with van der Waals surface area (Å²) in [7, 11) is 0. The van der Waals surface area contributed by atoms with E-state index in [4.69, 9.17) is 0 Å². The molecule has 3 rings (SSSR count). The molecular weight excluding hydrogens is 294 g/mol. The van der Waals surface area contributed by atoms with E-state index in [9.17, 15) is 14.7 Å². The first-order chi connectivity index (χ1) is 10.9. The van der Waals surface area contributed by atoms with Crippen molar-refractivity contribution in [3.8, 4) is 0 Å². The van der Waals surface area contributed by atoms with Crippen molar-refractivity contribution in [3.05, 3.63) is 66.3 Å². The number of nitrogens with one attached hydrogen (secondary N) is 3. The number of hydrogen-bond acceptors (Lipinski definition) is 2. The van der Waals surface area contributed by atoms with Crippen LogP contribution in [0.15, 0.2) is 16.9 Å². The maximum absolute atomic E-state index is 12.2. The average molecular weight is 311 g/mol. The van der Waals surface area contributed by atoms with Crippen molar-refractivity contribution in [2.24, 2.45) is 0 Å². The molecule has 0 saturated carbocycles. The Hall–Kier alpha value is -3.02. The predicted molar refractivity (Wildman–Crippen MR) is 86.9 cm³/mol. The minimum Gasteiger partial charge on any atom is -0.477 e. The van der Waals surface area contributed by atoms with Crippen LogP contribution in [0.5, 0.6) is 0 Å². The van der Waals surface area contributed by atoms with Gasteiger partial charge < -0.3 is 20.1 Å². The first-order valence-corrected chi connectivity index (χ1v) is 7.28. The van der Waals surface area contributed by atoms with Crippen molar-refractivity contribution in [1.82, 2.24) is 15.0 Å². The van der Waals surface area contributed by atoms with E-state index in [0.29, 0.717) is 38.9 Å². The Labute approximate surface area is 130 Å². The third-order valence-electron chi connectivity index (χ3n) is 4.04. The molecule has 4 N–H and O–H groups in total. The molecule has 0 unspecified atom stereocenters. The summed E-state index contributed by atoms with van der Waals surface area (Å²) >= 11 is 0. The lowest BCUT2D eigenvalue weighted by atomic mass is 10.1. The van der Waals surface area contributed by atoms with Crippen LogP contribution in [0.3, 0.4) is 0 Å². The Morgan fingerprint density at radius 3 is 2.70 bits per heavy atom. The highest BCUT2D eigenvalue weighted by atomic mass is 16.4. The summed E-state index contributed by atoms with van der Waals surface area (Å²) in [6.45, 7) is 7.55. The standard InChI is InChI=1S/C17H17N3O3/c1-4-10-9(3)14(17(22)23)19-13(10)7-11-15-12(20-16(11)21)6-5-8(2)18-15/h5-7,18-19H,2,4H2,1,3H3,(H,20,21)(H,22,23). The van der Waals surface area contributed by atoms with E-state index in [-0.39, 0.29) is 11.3 Å². The lowest BCUT2D eigenvalue weighted by molar-refractivity contribution is 0.0690. The average Bonchev–Trinajstić information content (AvgIpc) is 2.97. The highest BCUT2D eigenvalue weighted by molar-refractivity contribution is 5.88. The number of aromatic amines is 3. The molecule has 0 aliphatic carbocycles. The predicted octanol–water partition coefficient (Wildman–Crippen LogP) is 0.564. The van der Waals surface area contributed by atoms with Gasteiger partial charge in [-0.1, -0.05) is 13.5 Å². The summed E-state index contributed by atoms with van der Waals surface area (Å²) < 4.78 is 0. The van der Waals surface area contributed by atoms with E-state index >= 15 is 0 Å². The molecule has 0 saturated heterocycles. The molecule has 0 spiro atoms. The van der Waals surface area contributed by atoms with Crippen molar-refractivity contribution in [1.29, 1.82) is 0 Å². The number of hydrogen-bond donors (Lipinski definition) is 4. The molecule has 118 valence electrons. The van der Waals surface area contributed by atoms with Gasteiger partial charge in [-0.25, -0.2) is 4.79 Å². The van der Waals surface area contributed by atoms with Gasteiger partial charge in [-0.05, 0) is 42.7 Å². The summed E-state index contributed by atoms with van der Waals surface area (Å²) in [5, 5.41) is 11.8. The molecule has 0 fully saturated rings. The highest BCUT2D eigenvalue weighted by Gasteiger charge is 2.16. The lowest BCUT2D eigenvalue weighted by Gasteiger charge is -1.96. The maximum atomic E-state index is 12.2. The van der Waals surface area contributed by atoms with Crippen LogP contribution in [0.4, 0.5) is 0 Å². The van der Waals surface area contributed by atoms with Crippen molar-refractivity contribution >= 4 is 18.6 Å². The Morgan fingerprint density at radius 1 is 1.30 bits per heavy atom. The van der Waals surface area contributed by atoms with Gasteiger partial charge in [0.1, 0.15) is 5.69 Å². The SMILES string of the molecule is C=c1ccc2[nH]c(=O)c(=Cc3[nH]c(C(=O)O)c(C)c3CC)c=2[nH]1. The minimum absolute atomic E-state index is 0.155. The van der Waals surface area contributed by atoms with E-state index < -0.39 is 5.97 Å². The fourth-order valence-electron chi connectivity index (χ4n) is 2.89. The van der Waals surface area contributed by atoms with Crippen LogP contribution in [-0.2, 0) is 6.42 Å². The monoisotopic (exact) mass is 311 g/mol. The molecule has 2 aliphatic rings. The van der Waals surface area contributed by atoms with Crippen LogP contribution in [0.2, 0.25) is 0 Å². The molecule has 0 atom stereocenters. The normalized spacial score (nSPS) is 12.2. The number of rotatable bonds is 3. The fourth-order valence-corrected chi connectivity index (χ4v) is 2.89. The number of aromatic carboxylic acids is 1. The zero-order chi connectivity index (χ0) is 16.7. The van der Waals surface area contributed by atoms with Gasteiger partial charge in [0, 0.05) is 11.0 Å². The van der Waals surface area contributed by atoms with E-state index in [2.05, 4.69) is 21.5 Å². The summed E-state index contributed by atoms with van der Waals surface area (Å²) in [6, 6.07) is 3.57. The van der Waals surface area contributed by atoms with Crippen LogP contribution in [-0.4, -0.2) is 26.0 Å². The minimum atomic E-state index is -1.01. The van der Waals surface area contributed by atoms with Gasteiger partial charge in [-0.15, -0.1) is 0 Å². The summed E-state index contributed by atoms with van der Waals surface area (Å²) in [4.78, 5) is 32.3. The van der Waals surface area contributed by atoms with Gasteiger partial charge in [0.15, 0.2) is 0 Å². The number of carboxylic acids is 1. The molecule has 6 heteroatoms. The molecule has 6 nitrogen and oxygen atoms in total. The van der Waals surface area contributed by atoms with Crippen LogP contribution >= 0.6 is 0 Å². The van der Waals surface area contributed by atoms with Gasteiger partial charge in [-0.3, -0.25) is 4.79 Å². The van der Waals surface area contributed by atoms with Crippen molar-refractivity contribution in [2.45, 2.75) is 20.3 Å². The van der Waals surface area contributed by atoms with Gasteiger partial charge in [-0.2, -0.15) is 0 Å². The molecule has 3 heterocycles. The Balaban J connectivity index is 2.38. The molecule has 23 heavy (non-hydrogen) atoms. The Bertz CT molecular complexity index is 1130. The summed E-state index contributed by atoms with van der Waals surface area (Å²) in [6.07, 6.45) is 2.36. The van der Waals surface area contributed by atoms with E-state index in [1.807, 2.05) is 6.92 Å². The van der Waals surface area contributed by atoms with E-state index in [0.717, 1.165) is 5.56 Å². The number of H-pyrrole nitrogens is 3. The first-order valence-electron chi connectivity index (χ1n) is 7.28. The van der Waals surface area contributed by atoms with Gasteiger partial charge in [0.05, 0.1) is 15.9 Å². The molecule has 1 aromatic rings. The van der Waals surface area contributed by atoms with Gasteiger partial charge in [0.25, 0.3) is 5.56 Å². The Kier molecular flexibility index (Phi) is 3.44. The van der Waals surface area contributed by atoms with Crippen molar-refractivity contribution in [3.63, 3.8) is 0 Å². The molecule has 2 aliphatic heterocycles. The largest absolute Gasteiger partial charge is 0.477 e. The van der Waals surface area contributed by atoms with Gasteiger partial charge in [0.2, 0.25) is 0 Å². The van der Waals surface area contributed by atoms with Crippen molar-refractivity contribution < 1.29 is 9.90 Å². The quantitative estimate of drug-likeness (QED) is 0.568. The maximum Gasteiger partial charge on any atom is 0.352 e. The van der Waals surface area contributed by atoms with Crippen molar-refractivity contribution in [2.75, 3.05) is 0 Å². The second-order valence-electron chi connectivity index (χ2n) is 5.46. The second kappa shape index (κ2) is 5.31. The highest BCUT2D eigenvalue weighted by Crippen LogP contribution is 2.19. The Morgan fingerprint density at radius 2 is 2.04 bits per heavy atom. The molecule has 0 bridgehead atoms. The zero-order valence-corrected chi connectivity index (χ0v) is 12.9. The number of aromatic nitrogens is 3. The van der Waals surface area contributed by atoms with Gasteiger partial charge >= 0.3 is 5.97 Å². The fraction of sp³-hybridized carbons (Fsp3) is 0.176. The summed E-state index contributed by atoms with van der Waals surface area (Å²) in [5.74, 6) is -1.01.